The van der Waals surface area contributed by atoms with Crippen LogP contribution < -0.4 is 25.2 Å². The molecule has 0 spiro atoms. The van der Waals surface area contributed by atoms with E-state index in [1.165, 1.54) is 4.90 Å². The Kier molecular flexibility index (Phi) is 13.7. The van der Waals surface area contributed by atoms with Crippen LogP contribution in [0, 0.1) is 17.8 Å². The highest BCUT2D eigenvalue weighted by molar-refractivity contribution is 7.91. The highest BCUT2D eigenvalue weighted by Gasteiger charge is 2.62. The average Bonchev–Trinajstić information content (AvgIpc) is 4.05. The molecule has 15 nitrogen and oxygen atoms in total. The number of hydrogen-bond acceptors (Lipinski definition) is 11. The first-order valence-electron chi connectivity index (χ1n) is 20.5. The van der Waals surface area contributed by atoms with E-state index in [9.17, 15) is 22.8 Å². The van der Waals surface area contributed by atoms with Crippen molar-refractivity contribution in [3.05, 3.63) is 36.0 Å². The molecule has 2 aliphatic carbocycles. The first-order valence-corrected chi connectivity index (χ1v) is 22.1. The second kappa shape index (κ2) is 17.8. The van der Waals surface area contributed by atoms with Crippen LogP contribution in [-0.4, -0.2) is 95.3 Å². The molecule has 0 bridgehead atoms. The van der Waals surface area contributed by atoms with Crippen LogP contribution in [0.1, 0.15) is 119 Å². The zero-order chi connectivity index (χ0) is 42.7. The minimum atomic E-state index is -3.91. The van der Waals surface area contributed by atoms with Crippen LogP contribution in [0.15, 0.2) is 35.3 Å². The number of rotatable bonds is 17. The van der Waals surface area contributed by atoms with Gasteiger partial charge in [-0.15, -0.1) is 0 Å². The number of allylic oxidation sites excluding steroid dienone is 1. The number of aliphatic imine (C=N–C) groups is 1. The third-order valence-corrected chi connectivity index (χ3v) is 12.4. The molecule has 0 unspecified atom stereocenters. The van der Waals surface area contributed by atoms with Crippen molar-refractivity contribution < 1.29 is 37.0 Å². The van der Waals surface area contributed by atoms with Crippen molar-refractivity contribution in [1.29, 1.82) is 0 Å². The Balaban J connectivity index is 1.48. The molecular weight excluding hydrogens is 763 g/mol. The predicted octanol–water partition coefficient (Wildman–Crippen LogP) is 5.13. The van der Waals surface area contributed by atoms with Crippen molar-refractivity contribution in [2.24, 2.45) is 28.5 Å². The largest absolute Gasteiger partial charge is 0.497 e. The number of carbonyl (C=O) groups is 3. The normalized spacial score (nSPS) is 23.2. The number of aromatic nitrogens is 2. The van der Waals surface area contributed by atoms with Crippen molar-refractivity contribution in [1.82, 2.24) is 24.9 Å². The van der Waals surface area contributed by atoms with Crippen LogP contribution in [0.3, 0.4) is 0 Å². The summed E-state index contributed by atoms with van der Waals surface area (Å²) in [6.07, 6.45) is 7.14. The van der Waals surface area contributed by atoms with Gasteiger partial charge in [0.1, 0.15) is 40.8 Å². The van der Waals surface area contributed by atoms with Gasteiger partial charge in [-0.2, -0.15) is 0 Å². The molecule has 3 fully saturated rings. The molecule has 3 amide bonds. The summed E-state index contributed by atoms with van der Waals surface area (Å²) in [6.45, 7) is 17.3. The number of ether oxygens (including phenoxy) is 3. The van der Waals surface area contributed by atoms with Gasteiger partial charge in [-0.05, 0) is 76.8 Å². The first-order chi connectivity index (χ1) is 27.1. The number of likely N-dealkylation sites (tertiary alicyclic amines) is 1. The van der Waals surface area contributed by atoms with Crippen molar-refractivity contribution in [2.75, 3.05) is 13.7 Å². The molecule has 320 valence electrons. The van der Waals surface area contributed by atoms with Gasteiger partial charge in [-0.25, -0.2) is 23.4 Å². The SMILES string of the molecule is COc1ccc2nc(C(C)C)c(O[C@@H]3C[C@@H](C(=O)N[C@]4(C(=O)NS(=O)(=O)C5CC5)C[C@H]4/C=C\CCCC(C)C)N(C(=O)[C@@H](N=C(N)OC(C)(C)C)C(C)C)C3)nc2c1. The molecule has 1 aromatic carbocycles. The number of sulfonamides is 1. The van der Waals surface area contributed by atoms with Gasteiger partial charge in [0.2, 0.25) is 27.7 Å². The number of nitrogens with one attached hydrogen (secondary N) is 2. The summed E-state index contributed by atoms with van der Waals surface area (Å²) in [4.78, 5) is 58.6. The zero-order valence-electron chi connectivity index (χ0n) is 35.7. The van der Waals surface area contributed by atoms with Crippen molar-refractivity contribution in [3.8, 4) is 11.6 Å². The highest BCUT2D eigenvalue weighted by atomic mass is 32.2. The Morgan fingerprint density at radius 1 is 1.09 bits per heavy atom. The minimum Gasteiger partial charge on any atom is -0.497 e. The van der Waals surface area contributed by atoms with Crippen LogP contribution in [-0.2, 0) is 29.1 Å². The van der Waals surface area contributed by atoms with E-state index >= 15 is 0 Å². The van der Waals surface area contributed by atoms with Crippen LogP contribution >= 0.6 is 0 Å². The lowest BCUT2D eigenvalue weighted by molar-refractivity contribution is -0.141. The number of amidine groups is 1. The maximum Gasteiger partial charge on any atom is 0.283 e. The second-order valence-corrected chi connectivity index (χ2v) is 19.9. The smallest absolute Gasteiger partial charge is 0.283 e. The molecule has 2 saturated carbocycles. The third-order valence-electron chi connectivity index (χ3n) is 10.6. The van der Waals surface area contributed by atoms with E-state index < -0.39 is 68.2 Å². The maximum atomic E-state index is 14.6. The van der Waals surface area contributed by atoms with Gasteiger partial charge >= 0.3 is 0 Å². The number of methoxy groups -OCH3 is 1. The van der Waals surface area contributed by atoms with Crippen LogP contribution in [0.4, 0.5) is 0 Å². The van der Waals surface area contributed by atoms with E-state index in [1.54, 1.807) is 19.2 Å². The highest BCUT2D eigenvalue weighted by Crippen LogP contribution is 2.46. The molecule has 1 aliphatic heterocycles. The summed E-state index contributed by atoms with van der Waals surface area (Å²) in [7, 11) is -2.34. The van der Waals surface area contributed by atoms with Crippen molar-refractivity contribution in [3.63, 3.8) is 0 Å². The molecule has 5 atom stereocenters. The third kappa shape index (κ3) is 11.0. The zero-order valence-corrected chi connectivity index (χ0v) is 36.5. The molecule has 16 heteroatoms. The molecule has 4 N–H and O–H groups in total. The fourth-order valence-electron chi connectivity index (χ4n) is 7.16. The number of benzene rings is 1. The van der Waals surface area contributed by atoms with E-state index in [0.29, 0.717) is 41.2 Å². The Hall–Kier alpha value is -4.47. The number of fused-ring (bicyclic) bond motifs is 1. The average molecular weight is 826 g/mol. The number of nitrogens with two attached hydrogens (primary N) is 1. The van der Waals surface area contributed by atoms with Crippen LogP contribution in [0.2, 0.25) is 0 Å². The number of nitrogens with zero attached hydrogens (tertiary/aromatic N) is 4. The number of carbonyl (C=O) groups excluding carboxylic acids is 3. The van der Waals surface area contributed by atoms with E-state index in [2.05, 4.69) is 28.9 Å². The Labute approximate surface area is 343 Å². The molecule has 5 rings (SSSR count). The van der Waals surface area contributed by atoms with Crippen molar-refractivity contribution in [2.45, 2.75) is 148 Å². The van der Waals surface area contributed by atoms with Gasteiger partial charge in [0.15, 0.2) is 0 Å². The molecular formula is C42H63N7O8S. The second-order valence-electron chi connectivity index (χ2n) is 18.0. The van der Waals surface area contributed by atoms with E-state index in [4.69, 9.17) is 29.9 Å². The summed E-state index contributed by atoms with van der Waals surface area (Å²) in [5.41, 5.74) is 5.81. The summed E-state index contributed by atoms with van der Waals surface area (Å²) in [5, 5.41) is 2.30. The fourth-order valence-corrected chi connectivity index (χ4v) is 8.53. The lowest BCUT2D eigenvalue weighted by Gasteiger charge is -2.30. The Bertz CT molecular complexity index is 2010. The van der Waals surface area contributed by atoms with Gasteiger partial charge < -0.3 is 30.2 Å². The monoisotopic (exact) mass is 825 g/mol. The van der Waals surface area contributed by atoms with Crippen LogP contribution in [0.25, 0.3) is 11.0 Å². The molecule has 1 saturated heterocycles. The first kappa shape index (κ1) is 44.6. The Morgan fingerprint density at radius 3 is 2.40 bits per heavy atom. The quantitative estimate of drug-likeness (QED) is 0.0826. The summed E-state index contributed by atoms with van der Waals surface area (Å²) in [5.74, 6) is -1.32. The summed E-state index contributed by atoms with van der Waals surface area (Å²) >= 11 is 0. The molecule has 2 aromatic rings. The van der Waals surface area contributed by atoms with E-state index in [0.717, 1.165) is 19.3 Å². The van der Waals surface area contributed by atoms with Crippen LogP contribution in [0.5, 0.6) is 11.6 Å². The number of amides is 3. The predicted molar refractivity (Wildman–Crippen MR) is 223 cm³/mol. The topological polar surface area (TPSA) is 204 Å². The lowest BCUT2D eigenvalue weighted by Crippen LogP contribution is -2.57. The van der Waals surface area contributed by atoms with Crippen molar-refractivity contribution >= 4 is 44.8 Å². The van der Waals surface area contributed by atoms with Gasteiger partial charge in [-0.3, -0.25) is 19.1 Å². The van der Waals surface area contributed by atoms with Gasteiger partial charge in [0.25, 0.3) is 11.9 Å². The minimum absolute atomic E-state index is 0.0144. The molecule has 58 heavy (non-hydrogen) atoms. The van der Waals surface area contributed by atoms with E-state index in [1.807, 2.05) is 66.7 Å². The standard InChI is InChI=1S/C42H63N7O8S/c1-24(2)14-12-11-13-15-27-22-42(27,39(52)48-58(53,54)30-17-18-30)47-36(50)33-21-29(23-49(33)38(51)35(26(5)6)46-40(43)57-41(7,8)9)56-37-34(25(3)4)44-31-19-16-28(55-10)20-32(31)45-37/h13,15-16,19-20,24-27,29-30,33,35H,11-12,14,17-18,21-23H2,1-10H3,(H2,43,46)(H,47,50)(H,48,52)/b15-13-/t27-,29-,33+,35+,42-/m1/s1. The maximum absolute atomic E-state index is 14.6. The molecule has 3 aliphatic rings. The summed E-state index contributed by atoms with van der Waals surface area (Å²) in [6, 6.07) is 3.09. The molecule has 1 aromatic heterocycles. The van der Waals surface area contributed by atoms with E-state index in [-0.39, 0.29) is 43.1 Å². The summed E-state index contributed by atoms with van der Waals surface area (Å²) < 4.78 is 45.9. The molecule has 0 radical (unpaired) electrons. The van der Waals surface area contributed by atoms with Gasteiger partial charge in [-0.1, -0.05) is 60.1 Å². The number of hydrogen-bond donors (Lipinski definition) is 3. The lowest BCUT2D eigenvalue weighted by atomic mass is 10.0. The Morgan fingerprint density at radius 2 is 1.79 bits per heavy atom. The van der Waals surface area contributed by atoms with Gasteiger partial charge in [0.05, 0.1) is 29.9 Å². The fraction of sp³-hybridized carbons (Fsp3) is 0.667. The molecule has 2 heterocycles. The van der Waals surface area contributed by atoms with Gasteiger partial charge in [0, 0.05) is 24.3 Å². The number of unbranched alkanes of at least 4 members (excludes halogenated alkanes) is 1.